The lowest BCUT2D eigenvalue weighted by molar-refractivity contribution is 0.0990. The van der Waals surface area contributed by atoms with Crippen LogP contribution < -0.4 is 10.3 Å². The fourth-order valence-corrected chi connectivity index (χ4v) is 4.04. The fourth-order valence-electron chi connectivity index (χ4n) is 4.04. The molecule has 0 aliphatic carbocycles. The van der Waals surface area contributed by atoms with Crippen molar-refractivity contribution in [1.29, 1.82) is 0 Å². The average molecular weight is 381 g/mol. The third-order valence-electron chi connectivity index (χ3n) is 5.54. The normalized spacial score (nSPS) is 12.9. The van der Waals surface area contributed by atoms with Gasteiger partial charge in [0, 0.05) is 23.4 Å². The Morgan fingerprint density at radius 3 is 2.52 bits per heavy atom. The highest BCUT2D eigenvalue weighted by molar-refractivity contribution is 6.13. The molecule has 0 bridgehead atoms. The Morgan fingerprint density at radius 2 is 1.69 bits per heavy atom. The number of nitrogens with zero attached hydrogens (tertiary/aromatic N) is 1. The summed E-state index contributed by atoms with van der Waals surface area (Å²) in [5, 5.41) is 0.431. The molecule has 1 aliphatic rings. The number of carbonyl (C=O) groups is 1. The first-order chi connectivity index (χ1) is 14.1. The molecule has 1 amide bonds. The Labute approximate surface area is 168 Å². The summed E-state index contributed by atoms with van der Waals surface area (Å²) in [6, 6.07) is 22.6. The molecule has 0 radical (unpaired) electrons. The average Bonchev–Trinajstić information content (AvgIpc) is 3.20. The lowest BCUT2D eigenvalue weighted by Gasteiger charge is -2.18. The zero-order chi connectivity index (χ0) is 20.0. The molecule has 0 N–H and O–H groups in total. The number of rotatable bonds is 2. The van der Waals surface area contributed by atoms with Crippen LogP contribution in [0.1, 0.15) is 21.5 Å². The molecule has 29 heavy (non-hydrogen) atoms. The molecule has 1 aromatic heterocycles. The molecule has 4 heteroatoms. The number of para-hydroxylation sites is 2. The van der Waals surface area contributed by atoms with Crippen molar-refractivity contribution in [2.75, 3.05) is 11.4 Å². The van der Waals surface area contributed by atoms with Crippen LogP contribution in [-0.4, -0.2) is 12.5 Å². The van der Waals surface area contributed by atoms with Crippen molar-refractivity contribution in [1.82, 2.24) is 0 Å². The molecule has 3 aromatic carbocycles. The van der Waals surface area contributed by atoms with E-state index < -0.39 is 0 Å². The molecule has 0 atom stereocenters. The lowest BCUT2D eigenvalue weighted by atomic mass is 10.0. The van der Waals surface area contributed by atoms with Gasteiger partial charge in [-0.2, -0.15) is 0 Å². The molecule has 0 unspecified atom stereocenters. The summed E-state index contributed by atoms with van der Waals surface area (Å²) >= 11 is 0. The van der Waals surface area contributed by atoms with E-state index in [0.717, 1.165) is 23.2 Å². The molecular weight excluding hydrogens is 362 g/mol. The summed E-state index contributed by atoms with van der Waals surface area (Å²) in [6.45, 7) is 2.38. The number of hydrogen-bond acceptors (Lipinski definition) is 3. The zero-order valence-corrected chi connectivity index (χ0v) is 16.0. The number of anilines is 1. The van der Waals surface area contributed by atoms with Gasteiger partial charge in [-0.1, -0.05) is 54.6 Å². The van der Waals surface area contributed by atoms with Crippen LogP contribution in [-0.2, 0) is 6.42 Å². The largest absolute Gasteiger partial charge is 0.455 e. The standard InChI is InChI=1S/C25H19NO3/c1-16-22(27)19-11-7-12-20(24(19)29-23(16)18-9-3-2-4-10-18)25(28)26-15-14-17-8-5-6-13-21(17)26/h2-13H,14-15H2,1H3. The number of benzene rings is 3. The molecule has 1 aliphatic heterocycles. The first kappa shape index (κ1) is 17.4. The van der Waals surface area contributed by atoms with Crippen LogP contribution in [0.2, 0.25) is 0 Å². The van der Waals surface area contributed by atoms with E-state index in [0.29, 0.717) is 34.4 Å². The third-order valence-corrected chi connectivity index (χ3v) is 5.54. The first-order valence-electron chi connectivity index (χ1n) is 9.67. The van der Waals surface area contributed by atoms with Gasteiger partial charge < -0.3 is 9.32 Å². The maximum atomic E-state index is 13.4. The topological polar surface area (TPSA) is 50.5 Å². The predicted octanol–water partition coefficient (Wildman–Crippen LogP) is 4.97. The molecule has 5 rings (SSSR count). The van der Waals surface area contributed by atoms with Gasteiger partial charge in [-0.3, -0.25) is 9.59 Å². The summed E-state index contributed by atoms with van der Waals surface area (Å²) in [5.74, 6) is 0.358. The van der Waals surface area contributed by atoms with E-state index >= 15 is 0 Å². The second-order valence-electron chi connectivity index (χ2n) is 7.27. The summed E-state index contributed by atoms with van der Waals surface area (Å²) in [4.78, 5) is 28.2. The van der Waals surface area contributed by atoms with E-state index in [4.69, 9.17) is 4.42 Å². The third kappa shape index (κ3) is 2.76. The minimum absolute atomic E-state index is 0.110. The summed E-state index contributed by atoms with van der Waals surface area (Å²) < 4.78 is 6.21. The number of amides is 1. The van der Waals surface area contributed by atoms with Gasteiger partial charge in [0.2, 0.25) is 0 Å². The van der Waals surface area contributed by atoms with E-state index in [-0.39, 0.29) is 11.3 Å². The number of carbonyl (C=O) groups excluding carboxylic acids is 1. The van der Waals surface area contributed by atoms with E-state index in [1.807, 2.05) is 54.6 Å². The van der Waals surface area contributed by atoms with Crippen molar-refractivity contribution in [3.63, 3.8) is 0 Å². The first-order valence-corrected chi connectivity index (χ1v) is 9.67. The van der Waals surface area contributed by atoms with Gasteiger partial charge in [-0.15, -0.1) is 0 Å². The van der Waals surface area contributed by atoms with Gasteiger partial charge >= 0.3 is 0 Å². The van der Waals surface area contributed by atoms with Gasteiger partial charge in [0.15, 0.2) is 11.0 Å². The van der Waals surface area contributed by atoms with Gasteiger partial charge in [0.1, 0.15) is 5.76 Å². The van der Waals surface area contributed by atoms with E-state index in [9.17, 15) is 9.59 Å². The van der Waals surface area contributed by atoms with Crippen LogP contribution in [0.3, 0.4) is 0 Å². The van der Waals surface area contributed by atoms with Crippen LogP contribution in [0, 0.1) is 6.92 Å². The Balaban J connectivity index is 1.70. The highest BCUT2D eigenvalue weighted by atomic mass is 16.3. The van der Waals surface area contributed by atoms with Crippen molar-refractivity contribution >= 4 is 22.6 Å². The van der Waals surface area contributed by atoms with Gasteiger partial charge in [-0.05, 0) is 37.1 Å². The van der Waals surface area contributed by atoms with Crippen molar-refractivity contribution in [3.8, 4) is 11.3 Å². The molecule has 4 nitrogen and oxygen atoms in total. The van der Waals surface area contributed by atoms with Crippen molar-refractivity contribution in [2.24, 2.45) is 0 Å². The maximum absolute atomic E-state index is 13.4. The Hall–Kier alpha value is -3.66. The quantitative estimate of drug-likeness (QED) is 0.492. The second kappa shape index (κ2) is 6.74. The lowest BCUT2D eigenvalue weighted by Crippen LogP contribution is -2.29. The number of fused-ring (bicyclic) bond motifs is 2. The molecule has 0 saturated carbocycles. The van der Waals surface area contributed by atoms with Crippen LogP contribution in [0.4, 0.5) is 5.69 Å². The molecular formula is C25H19NO3. The maximum Gasteiger partial charge on any atom is 0.262 e. The van der Waals surface area contributed by atoms with E-state index in [2.05, 4.69) is 0 Å². The minimum atomic E-state index is -0.147. The van der Waals surface area contributed by atoms with Crippen molar-refractivity contribution in [3.05, 3.63) is 99.7 Å². The zero-order valence-electron chi connectivity index (χ0n) is 16.0. The van der Waals surface area contributed by atoms with E-state index in [1.54, 1.807) is 30.0 Å². The van der Waals surface area contributed by atoms with Gasteiger partial charge in [0.25, 0.3) is 5.91 Å². The SMILES string of the molecule is Cc1c(-c2ccccc2)oc2c(C(=O)N3CCc4ccccc43)cccc2c1=O. The monoisotopic (exact) mass is 381 g/mol. The molecule has 2 heterocycles. The molecule has 0 fully saturated rings. The van der Waals surface area contributed by atoms with Crippen molar-refractivity contribution in [2.45, 2.75) is 13.3 Å². The summed E-state index contributed by atoms with van der Waals surface area (Å²) in [7, 11) is 0. The summed E-state index contributed by atoms with van der Waals surface area (Å²) in [6.07, 6.45) is 0.824. The minimum Gasteiger partial charge on any atom is -0.455 e. The molecule has 142 valence electrons. The Kier molecular flexibility index (Phi) is 4.06. The Morgan fingerprint density at radius 1 is 0.931 bits per heavy atom. The highest BCUT2D eigenvalue weighted by Crippen LogP contribution is 2.32. The van der Waals surface area contributed by atoms with Crippen molar-refractivity contribution < 1.29 is 9.21 Å². The second-order valence-corrected chi connectivity index (χ2v) is 7.27. The van der Waals surface area contributed by atoms with Gasteiger partial charge in [0.05, 0.1) is 10.9 Å². The predicted molar refractivity (Wildman–Crippen MR) is 114 cm³/mol. The highest BCUT2D eigenvalue weighted by Gasteiger charge is 2.27. The molecule has 0 spiro atoms. The smallest absolute Gasteiger partial charge is 0.262 e. The molecule has 4 aromatic rings. The number of hydrogen-bond donors (Lipinski definition) is 0. The van der Waals surface area contributed by atoms with Gasteiger partial charge in [-0.25, -0.2) is 0 Å². The van der Waals surface area contributed by atoms with E-state index in [1.165, 1.54) is 0 Å². The summed E-state index contributed by atoms with van der Waals surface area (Å²) in [5.41, 5.74) is 4.08. The van der Waals surface area contributed by atoms with Crippen LogP contribution >= 0.6 is 0 Å². The Bertz CT molecular complexity index is 1300. The fraction of sp³-hybridized carbons (Fsp3) is 0.120. The van der Waals surface area contributed by atoms with Crippen LogP contribution in [0.25, 0.3) is 22.3 Å². The molecule has 0 saturated heterocycles. The van der Waals surface area contributed by atoms with Crippen LogP contribution in [0.5, 0.6) is 0 Å². The van der Waals surface area contributed by atoms with Crippen LogP contribution in [0.15, 0.2) is 82.0 Å².